The van der Waals surface area contributed by atoms with Gasteiger partial charge in [0, 0.05) is 24.7 Å². The van der Waals surface area contributed by atoms with E-state index in [1.807, 2.05) is 18.2 Å². The Balaban J connectivity index is 2.15. The van der Waals surface area contributed by atoms with E-state index < -0.39 is 0 Å². The Morgan fingerprint density at radius 1 is 1.16 bits per heavy atom. The fourth-order valence-electron chi connectivity index (χ4n) is 2.71. The van der Waals surface area contributed by atoms with Crippen LogP contribution in [0.2, 0.25) is 0 Å². The standard InChI is InChI=1S/C15H24N2O2/c1-18-13-7-11(8-14(9-13)19-2)15(10-16)17-12-5-3-4-6-12/h7-9,12,15,17H,3-6,10,16H2,1-2H3. The molecule has 1 unspecified atom stereocenters. The lowest BCUT2D eigenvalue weighted by molar-refractivity contribution is 0.389. The van der Waals surface area contributed by atoms with Gasteiger partial charge in [-0.3, -0.25) is 0 Å². The van der Waals surface area contributed by atoms with Crippen molar-refractivity contribution in [2.75, 3.05) is 20.8 Å². The average Bonchev–Trinajstić information content (AvgIpc) is 2.97. The molecule has 4 nitrogen and oxygen atoms in total. The molecule has 0 radical (unpaired) electrons. The maximum absolute atomic E-state index is 5.92. The van der Waals surface area contributed by atoms with Gasteiger partial charge in [-0.2, -0.15) is 0 Å². The van der Waals surface area contributed by atoms with Crippen LogP contribution in [0.1, 0.15) is 37.3 Å². The summed E-state index contributed by atoms with van der Waals surface area (Å²) in [6.07, 6.45) is 5.13. The third kappa shape index (κ3) is 3.61. The molecule has 3 N–H and O–H groups in total. The minimum atomic E-state index is 0.159. The second-order valence-electron chi connectivity index (χ2n) is 5.08. The largest absolute Gasteiger partial charge is 0.497 e. The SMILES string of the molecule is COc1cc(OC)cc(C(CN)NC2CCCC2)c1. The van der Waals surface area contributed by atoms with Crippen molar-refractivity contribution in [3.8, 4) is 11.5 Å². The molecule has 1 aromatic rings. The molecule has 1 aliphatic rings. The van der Waals surface area contributed by atoms with Gasteiger partial charge in [0.25, 0.3) is 0 Å². The zero-order valence-corrected chi connectivity index (χ0v) is 11.8. The van der Waals surface area contributed by atoms with Crippen LogP contribution >= 0.6 is 0 Å². The minimum absolute atomic E-state index is 0.159. The monoisotopic (exact) mass is 264 g/mol. The lowest BCUT2D eigenvalue weighted by Crippen LogP contribution is -2.35. The Morgan fingerprint density at radius 2 is 1.74 bits per heavy atom. The average molecular weight is 264 g/mol. The zero-order valence-electron chi connectivity index (χ0n) is 11.8. The van der Waals surface area contributed by atoms with Gasteiger partial charge in [0.1, 0.15) is 11.5 Å². The molecule has 0 heterocycles. The van der Waals surface area contributed by atoms with Gasteiger partial charge in [-0.25, -0.2) is 0 Å². The molecule has 0 saturated heterocycles. The zero-order chi connectivity index (χ0) is 13.7. The Bertz CT molecular complexity index is 381. The molecular formula is C15H24N2O2. The van der Waals surface area contributed by atoms with Crippen molar-refractivity contribution in [1.29, 1.82) is 0 Å². The van der Waals surface area contributed by atoms with Crippen molar-refractivity contribution in [3.05, 3.63) is 23.8 Å². The summed E-state index contributed by atoms with van der Waals surface area (Å²) in [6.45, 7) is 0.576. The number of hydrogen-bond acceptors (Lipinski definition) is 4. The molecule has 0 amide bonds. The van der Waals surface area contributed by atoms with Crippen LogP contribution < -0.4 is 20.5 Å². The van der Waals surface area contributed by atoms with Gasteiger partial charge in [-0.05, 0) is 30.5 Å². The first-order valence-corrected chi connectivity index (χ1v) is 6.96. The van der Waals surface area contributed by atoms with Crippen LogP contribution in [0.5, 0.6) is 11.5 Å². The van der Waals surface area contributed by atoms with Crippen molar-refractivity contribution in [1.82, 2.24) is 5.32 Å². The Morgan fingerprint density at radius 3 is 2.21 bits per heavy atom. The number of rotatable bonds is 6. The maximum atomic E-state index is 5.92. The van der Waals surface area contributed by atoms with E-state index in [1.54, 1.807) is 14.2 Å². The lowest BCUT2D eigenvalue weighted by atomic mass is 10.0. The topological polar surface area (TPSA) is 56.5 Å². The molecule has 1 aromatic carbocycles. The van der Waals surface area contributed by atoms with E-state index in [1.165, 1.54) is 25.7 Å². The number of hydrogen-bond donors (Lipinski definition) is 2. The van der Waals surface area contributed by atoms with E-state index in [0.717, 1.165) is 17.1 Å². The highest BCUT2D eigenvalue weighted by Crippen LogP contribution is 2.28. The van der Waals surface area contributed by atoms with Gasteiger partial charge in [-0.15, -0.1) is 0 Å². The van der Waals surface area contributed by atoms with Crippen LogP contribution in [-0.4, -0.2) is 26.8 Å². The maximum Gasteiger partial charge on any atom is 0.122 e. The third-order valence-corrected chi connectivity index (χ3v) is 3.80. The third-order valence-electron chi connectivity index (χ3n) is 3.80. The van der Waals surface area contributed by atoms with Gasteiger partial charge < -0.3 is 20.5 Å². The summed E-state index contributed by atoms with van der Waals surface area (Å²) < 4.78 is 10.6. The van der Waals surface area contributed by atoms with Crippen LogP contribution in [0, 0.1) is 0 Å². The van der Waals surface area contributed by atoms with E-state index >= 15 is 0 Å². The number of nitrogens with one attached hydrogen (secondary N) is 1. The van der Waals surface area contributed by atoms with Gasteiger partial charge in [0.2, 0.25) is 0 Å². The van der Waals surface area contributed by atoms with Gasteiger partial charge >= 0.3 is 0 Å². The molecule has 0 aromatic heterocycles. The molecule has 0 aliphatic heterocycles. The van der Waals surface area contributed by atoms with Gasteiger partial charge in [-0.1, -0.05) is 12.8 Å². The molecule has 1 atom stereocenters. The van der Waals surface area contributed by atoms with Crippen LogP contribution in [0.15, 0.2) is 18.2 Å². The quantitative estimate of drug-likeness (QED) is 0.827. The van der Waals surface area contributed by atoms with Crippen molar-refractivity contribution < 1.29 is 9.47 Å². The van der Waals surface area contributed by atoms with Crippen molar-refractivity contribution >= 4 is 0 Å². The van der Waals surface area contributed by atoms with Gasteiger partial charge in [0.05, 0.1) is 14.2 Å². The van der Waals surface area contributed by atoms with Crippen LogP contribution in [-0.2, 0) is 0 Å². The molecule has 106 valence electrons. The molecule has 1 fully saturated rings. The van der Waals surface area contributed by atoms with E-state index in [-0.39, 0.29) is 6.04 Å². The van der Waals surface area contributed by atoms with Crippen molar-refractivity contribution in [2.45, 2.75) is 37.8 Å². The summed E-state index contributed by atoms with van der Waals surface area (Å²) in [5, 5.41) is 3.65. The predicted molar refractivity (Wildman–Crippen MR) is 76.7 cm³/mol. The van der Waals surface area contributed by atoms with E-state index in [0.29, 0.717) is 12.6 Å². The Kier molecular flexibility index (Phi) is 5.05. The van der Waals surface area contributed by atoms with E-state index in [2.05, 4.69) is 5.32 Å². The first kappa shape index (κ1) is 14.2. The highest BCUT2D eigenvalue weighted by molar-refractivity contribution is 5.40. The fourth-order valence-corrected chi connectivity index (χ4v) is 2.71. The molecular weight excluding hydrogens is 240 g/mol. The highest BCUT2D eigenvalue weighted by Gasteiger charge is 2.20. The fraction of sp³-hybridized carbons (Fsp3) is 0.600. The Hall–Kier alpha value is -1.26. The smallest absolute Gasteiger partial charge is 0.122 e. The molecule has 0 spiro atoms. The second kappa shape index (κ2) is 6.78. The lowest BCUT2D eigenvalue weighted by Gasteiger charge is -2.23. The van der Waals surface area contributed by atoms with Crippen molar-refractivity contribution in [3.63, 3.8) is 0 Å². The summed E-state index contributed by atoms with van der Waals surface area (Å²) in [5.41, 5.74) is 7.05. The Labute approximate surface area is 115 Å². The number of methoxy groups -OCH3 is 2. The number of nitrogens with two attached hydrogens (primary N) is 1. The summed E-state index contributed by atoms with van der Waals surface area (Å²) in [5.74, 6) is 1.61. The first-order chi connectivity index (χ1) is 9.26. The first-order valence-electron chi connectivity index (χ1n) is 6.96. The van der Waals surface area contributed by atoms with Crippen LogP contribution in [0.4, 0.5) is 0 Å². The summed E-state index contributed by atoms with van der Waals surface area (Å²) in [7, 11) is 3.33. The van der Waals surface area contributed by atoms with Crippen LogP contribution in [0.3, 0.4) is 0 Å². The number of ether oxygens (including phenoxy) is 2. The molecule has 19 heavy (non-hydrogen) atoms. The summed E-state index contributed by atoms with van der Waals surface area (Å²) >= 11 is 0. The normalized spacial score (nSPS) is 17.4. The minimum Gasteiger partial charge on any atom is -0.497 e. The highest BCUT2D eigenvalue weighted by atomic mass is 16.5. The molecule has 0 bridgehead atoms. The summed E-state index contributed by atoms with van der Waals surface area (Å²) in [4.78, 5) is 0. The molecule has 4 heteroatoms. The second-order valence-corrected chi connectivity index (χ2v) is 5.08. The summed E-state index contributed by atoms with van der Waals surface area (Å²) in [6, 6.07) is 6.69. The van der Waals surface area contributed by atoms with Gasteiger partial charge in [0.15, 0.2) is 0 Å². The van der Waals surface area contributed by atoms with Crippen molar-refractivity contribution in [2.24, 2.45) is 5.73 Å². The molecule has 2 rings (SSSR count). The van der Waals surface area contributed by atoms with E-state index in [9.17, 15) is 0 Å². The number of benzene rings is 1. The molecule has 1 aliphatic carbocycles. The van der Waals surface area contributed by atoms with E-state index in [4.69, 9.17) is 15.2 Å². The predicted octanol–water partition coefficient (Wildman–Crippen LogP) is 2.24. The molecule has 1 saturated carbocycles. The van der Waals surface area contributed by atoms with Crippen LogP contribution in [0.25, 0.3) is 0 Å².